The molecule has 2 bridgehead atoms. The van der Waals surface area contributed by atoms with Crippen LogP contribution in [0, 0.1) is 0 Å². The molecule has 0 aromatic heterocycles. The standard InChI is InChI=1S/C17H22N2O2/c20-16-11-21-17(8-14-6-7-15(9-17)18-14)12-19(16)10-13-4-2-1-3-5-13/h1-5,14-15,18H,6-12H2. The third-order valence-corrected chi connectivity index (χ3v) is 5.12. The molecular formula is C17H22N2O2. The van der Waals surface area contributed by atoms with E-state index in [2.05, 4.69) is 17.4 Å². The first-order valence-electron chi connectivity index (χ1n) is 7.94. The lowest BCUT2D eigenvalue weighted by molar-refractivity contribution is -0.171. The first-order valence-corrected chi connectivity index (χ1v) is 7.94. The van der Waals surface area contributed by atoms with Crippen LogP contribution in [0.5, 0.6) is 0 Å². The van der Waals surface area contributed by atoms with Crippen molar-refractivity contribution in [2.75, 3.05) is 13.2 Å². The van der Waals surface area contributed by atoms with Crippen LogP contribution in [0.1, 0.15) is 31.2 Å². The Morgan fingerprint density at radius 2 is 1.90 bits per heavy atom. The van der Waals surface area contributed by atoms with Crippen molar-refractivity contribution in [1.82, 2.24) is 10.2 Å². The summed E-state index contributed by atoms with van der Waals surface area (Å²) in [6.45, 7) is 1.69. The molecule has 1 N–H and O–H groups in total. The van der Waals surface area contributed by atoms with E-state index >= 15 is 0 Å². The Morgan fingerprint density at radius 1 is 1.19 bits per heavy atom. The third-order valence-electron chi connectivity index (χ3n) is 5.12. The molecule has 2 unspecified atom stereocenters. The number of hydrogen-bond acceptors (Lipinski definition) is 3. The minimum atomic E-state index is -0.111. The Labute approximate surface area is 125 Å². The molecule has 3 aliphatic rings. The van der Waals surface area contributed by atoms with Gasteiger partial charge < -0.3 is 15.0 Å². The molecule has 0 radical (unpaired) electrons. The number of amides is 1. The van der Waals surface area contributed by atoms with Crippen LogP contribution >= 0.6 is 0 Å². The van der Waals surface area contributed by atoms with Crippen LogP contribution in [-0.4, -0.2) is 41.6 Å². The first-order chi connectivity index (χ1) is 10.2. The molecule has 1 amide bonds. The Bertz CT molecular complexity index is 519. The Balaban J connectivity index is 1.50. The van der Waals surface area contributed by atoms with Gasteiger partial charge in [-0.3, -0.25) is 4.79 Å². The van der Waals surface area contributed by atoms with E-state index in [0.29, 0.717) is 18.6 Å². The smallest absolute Gasteiger partial charge is 0.248 e. The third kappa shape index (κ3) is 2.58. The van der Waals surface area contributed by atoms with Gasteiger partial charge in [-0.25, -0.2) is 0 Å². The number of nitrogens with one attached hydrogen (secondary N) is 1. The largest absolute Gasteiger partial charge is 0.363 e. The molecule has 4 rings (SSSR count). The van der Waals surface area contributed by atoms with Gasteiger partial charge in [0.15, 0.2) is 0 Å². The lowest BCUT2D eigenvalue weighted by Crippen LogP contribution is -2.60. The van der Waals surface area contributed by atoms with E-state index in [1.807, 2.05) is 23.1 Å². The summed E-state index contributed by atoms with van der Waals surface area (Å²) < 4.78 is 6.04. The number of fused-ring (bicyclic) bond motifs is 2. The highest BCUT2D eigenvalue weighted by Crippen LogP contribution is 2.38. The van der Waals surface area contributed by atoms with Gasteiger partial charge >= 0.3 is 0 Å². The Morgan fingerprint density at radius 3 is 2.62 bits per heavy atom. The monoisotopic (exact) mass is 286 g/mol. The lowest BCUT2D eigenvalue weighted by atomic mass is 9.85. The zero-order valence-electron chi connectivity index (χ0n) is 12.3. The van der Waals surface area contributed by atoms with Crippen molar-refractivity contribution in [3.05, 3.63) is 35.9 Å². The number of rotatable bonds is 2. The van der Waals surface area contributed by atoms with Crippen LogP contribution in [0.4, 0.5) is 0 Å². The summed E-state index contributed by atoms with van der Waals surface area (Å²) in [7, 11) is 0. The van der Waals surface area contributed by atoms with Crippen LogP contribution < -0.4 is 5.32 Å². The SMILES string of the molecule is O=C1COC2(CC3CCC(C2)N3)CN1Cc1ccccc1. The number of piperidine rings is 1. The quantitative estimate of drug-likeness (QED) is 0.899. The second kappa shape index (κ2) is 5.11. The van der Waals surface area contributed by atoms with Crippen molar-refractivity contribution in [2.24, 2.45) is 0 Å². The predicted octanol–water partition coefficient (Wildman–Crippen LogP) is 1.70. The molecule has 1 aromatic carbocycles. The number of nitrogens with zero attached hydrogens (tertiary/aromatic N) is 1. The fourth-order valence-corrected chi connectivity index (χ4v) is 4.19. The second-order valence-electron chi connectivity index (χ2n) is 6.75. The van der Waals surface area contributed by atoms with E-state index in [4.69, 9.17) is 4.74 Å². The van der Waals surface area contributed by atoms with Crippen molar-refractivity contribution in [1.29, 1.82) is 0 Å². The molecule has 4 heteroatoms. The van der Waals surface area contributed by atoms with Gasteiger partial charge in [-0.2, -0.15) is 0 Å². The van der Waals surface area contributed by atoms with Crippen molar-refractivity contribution in [3.8, 4) is 0 Å². The summed E-state index contributed by atoms with van der Waals surface area (Å²) in [5.41, 5.74) is 1.08. The summed E-state index contributed by atoms with van der Waals surface area (Å²) in [6.07, 6.45) is 4.59. The number of carbonyl (C=O) groups excluding carboxylic acids is 1. The van der Waals surface area contributed by atoms with Crippen LogP contribution in [0.3, 0.4) is 0 Å². The van der Waals surface area contributed by atoms with Crippen LogP contribution in [0.25, 0.3) is 0 Å². The highest BCUT2D eigenvalue weighted by Gasteiger charge is 2.48. The molecule has 4 nitrogen and oxygen atoms in total. The molecule has 3 heterocycles. The number of ether oxygens (including phenoxy) is 1. The highest BCUT2D eigenvalue weighted by molar-refractivity contribution is 5.78. The minimum Gasteiger partial charge on any atom is -0.363 e. The molecule has 3 saturated heterocycles. The fourth-order valence-electron chi connectivity index (χ4n) is 4.19. The summed E-state index contributed by atoms with van der Waals surface area (Å²) in [5.74, 6) is 0.121. The molecule has 21 heavy (non-hydrogen) atoms. The summed E-state index contributed by atoms with van der Waals surface area (Å²) >= 11 is 0. The van der Waals surface area contributed by atoms with E-state index in [1.54, 1.807) is 0 Å². The molecule has 3 aliphatic heterocycles. The number of morpholine rings is 1. The zero-order valence-corrected chi connectivity index (χ0v) is 12.3. The Kier molecular flexibility index (Phi) is 3.23. The van der Waals surface area contributed by atoms with Gasteiger partial charge in [0.1, 0.15) is 6.61 Å². The number of hydrogen-bond donors (Lipinski definition) is 1. The average Bonchev–Trinajstić information content (AvgIpc) is 2.84. The van der Waals surface area contributed by atoms with Crippen molar-refractivity contribution >= 4 is 5.91 Å². The van der Waals surface area contributed by atoms with Gasteiger partial charge in [-0.05, 0) is 31.2 Å². The number of carbonyl (C=O) groups is 1. The molecular weight excluding hydrogens is 264 g/mol. The van der Waals surface area contributed by atoms with E-state index in [-0.39, 0.29) is 18.1 Å². The van der Waals surface area contributed by atoms with E-state index in [1.165, 1.54) is 18.4 Å². The predicted molar refractivity (Wildman–Crippen MR) is 79.7 cm³/mol. The van der Waals surface area contributed by atoms with Gasteiger partial charge in [-0.1, -0.05) is 30.3 Å². The second-order valence-corrected chi connectivity index (χ2v) is 6.75. The van der Waals surface area contributed by atoms with Gasteiger partial charge in [0.05, 0.1) is 12.1 Å². The van der Waals surface area contributed by atoms with Crippen molar-refractivity contribution in [2.45, 2.75) is 49.9 Å². The molecule has 2 atom stereocenters. The van der Waals surface area contributed by atoms with Crippen LogP contribution in [0.15, 0.2) is 30.3 Å². The van der Waals surface area contributed by atoms with E-state index < -0.39 is 0 Å². The summed E-state index contributed by atoms with van der Waals surface area (Å²) in [4.78, 5) is 14.2. The highest BCUT2D eigenvalue weighted by atomic mass is 16.5. The molecule has 1 spiro atoms. The van der Waals surface area contributed by atoms with Gasteiger partial charge in [-0.15, -0.1) is 0 Å². The maximum atomic E-state index is 12.2. The van der Waals surface area contributed by atoms with Gasteiger partial charge in [0, 0.05) is 18.6 Å². The Hall–Kier alpha value is -1.39. The van der Waals surface area contributed by atoms with Crippen molar-refractivity contribution in [3.63, 3.8) is 0 Å². The molecule has 1 aromatic rings. The molecule has 0 saturated carbocycles. The van der Waals surface area contributed by atoms with Gasteiger partial charge in [0.25, 0.3) is 0 Å². The normalized spacial score (nSPS) is 35.4. The topological polar surface area (TPSA) is 41.6 Å². The molecule has 3 fully saturated rings. The first kappa shape index (κ1) is 13.3. The minimum absolute atomic E-state index is 0.111. The lowest BCUT2D eigenvalue weighted by Gasteiger charge is -2.47. The van der Waals surface area contributed by atoms with E-state index in [9.17, 15) is 4.79 Å². The molecule has 112 valence electrons. The van der Waals surface area contributed by atoms with E-state index in [0.717, 1.165) is 19.4 Å². The maximum absolute atomic E-state index is 12.2. The zero-order chi connectivity index (χ0) is 14.3. The summed E-state index contributed by atoms with van der Waals surface area (Å²) in [6, 6.07) is 11.4. The van der Waals surface area contributed by atoms with Crippen LogP contribution in [-0.2, 0) is 16.1 Å². The number of benzene rings is 1. The van der Waals surface area contributed by atoms with Gasteiger partial charge in [0.2, 0.25) is 5.91 Å². The average molecular weight is 286 g/mol. The van der Waals surface area contributed by atoms with Crippen molar-refractivity contribution < 1.29 is 9.53 Å². The maximum Gasteiger partial charge on any atom is 0.248 e. The van der Waals surface area contributed by atoms with Crippen LogP contribution in [0.2, 0.25) is 0 Å². The molecule has 0 aliphatic carbocycles. The summed E-state index contributed by atoms with van der Waals surface area (Å²) in [5, 5.41) is 3.65. The fraction of sp³-hybridized carbons (Fsp3) is 0.588.